The zero-order chi connectivity index (χ0) is 27.8. The van der Waals surface area contributed by atoms with Gasteiger partial charge in [-0.15, -0.1) is 11.8 Å². The van der Waals surface area contributed by atoms with E-state index < -0.39 is 5.92 Å². The molecule has 2 N–H and O–H groups in total. The summed E-state index contributed by atoms with van der Waals surface area (Å²) in [7, 11) is 0. The van der Waals surface area contributed by atoms with Crippen LogP contribution in [0.4, 0.5) is 5.69 Å². The molecule has 3 aromatic carbocycles. The number of anilines is 1. The van der Waals surface area contributed by atoms with Gasteiger partial charge in [-0.05, 0) is 85.8 Å². The van der Waals surface area contributed by atoms with Gasteiger partial charge in [-0.25, -0.2) is 0 Å². The highest BCUT2D eigenvalue weighted by molar-refractivity contribution is 7.98. The number of hydrogen-bond acceptors (Lipinski definition) is 5. The smallest absolute Gasteiger partial charge is 0.161 e. The predicted molar refractivity (Wildman–Crippen MR) is 161 cm³/mol. The van der Waals surface area contributed by atoms with Gasteiger partial charge in [0.25, 0.3) is 0 Å². The lowest BCUT2D eigenvalue weighted by molar-refractivity contribution is -0.116. The quantitative estimate of drug-likeness (QED) is 0.299. The Hall–Kier alpha value is -2.88. The maximum absolute atomic E-state index is 13.6. The SMILES string of the molecule is Cc1cc(CSc2ccc(Cl)cc2)c(C)c(C2C(C#N)=C(N)N(c3ccc(Cl)cc3Cl)C3=C2C(=O)CCC3)c1. The Morgan fingerprint density at radius 3 is 2.44 bits per heavy atom. The van der Waals surface area contributed by atoms with Gasteiger partial charge in [0.1, 0.15) is 5.82 Å². The molecule has 39 heavy (non-hydrogen) atoms. The Bertz CT molecular complexity index is 1590. The Balaban J connectivity index is 1.64. The normalized spacial score (nSPS) is 17.4. The van der Waals surface area contributed by atoms with Crippen molar-refractivity contribution in [2.24, 2.45) is 5.73 Å². The van der Waals surface area contributed by atoms with Crippen LogP contribution >= 0.6 is 46.6 Å². The maximum atomic E-state index is 13.6. The highest BCUT2D eigenvalue weighted by Crippen LogP contribution is 2.49. The number of rotatable bonds is 5. The van der Waals surface area contributed by atoms with Crippen molar-refractivity contribution in [1.29, 1.82) is 5.26 Å². The van der Waals surface area contributed by atoms with Crippen LogP contribution in [0.25, 0.3) is 0 Å². The third-order valence-electron chi connectivity index (χ3n) is 7.28. The number of thioether (sulfide) groups is 1. The third kappa shape index (κ3) is 5.32. The number of Topliss-reactive ketones (excluding diaryl/α,β-unsaturated/α-hetero) is 1. The molecule has 0 bridgehead atoms. The number of nitrogens with zero attached hydrogens (tertiary/aromatic N) is 2. The lowest BCUT2D eigenvalue weighted by Crippen LogP contribution is -2.39. The molecule has 2 aliphatic rings. The lowest BCUT2D eigenvalue weighted by atomic mass is 9.73. The molecular weight excluding hydrogens is 569 g/mol. The van der Waals surface area contributed by atoms with Crippen molar-refractivity contribution in [3.05, 3.63) is 115 Å². The average Bonchev–Trinajstić information content (AvgIpc) is 2.90. The molecule has 1 aliphatic heterocycles. The number of nitrogens with two attached hydrogens (primary N) is 1. The van der Waals surface area contributed by atoms with Crippen LogP contribution in [0.3, 0.4) is 0 Å². The number of ketones is 1. The number of benzene rings is 3. The third-order valence-corrected chi connectivity index (χ3v) is 9.13. The van der Waals surface area contributed by atoms with Crippen LogP contribution in [0.5, 0.6) is 0 Å². The number of carbonyl (C=O) groups is 1. The Morgan fingerprint density at radius 2 is 1.74 bits per heavy atom. The van der Waals surface area contributed by atoms with Crippen LogP contribution in [0.15, 0.2) is 82.2 Å². The van der Waals surface area contributed by atoms with Crippen molar-refractivity contribution in [2.45, 2.75) is 49.7 Å². The molecule has 3 aromatic rings. The van der Waals surface area contributed by atoms with E-state index in [9.17, 15) is 10.1 Å². The highest BCUT2D eigenvalue weighted by Gasteiger charge is 2.41. The number of nitriles is 1. The van der Waals surface area contributed by atoms with Crippen LogP contribution in [-0.2, 0) is 10.5 Å². The molecule has 1 unspecified atom stereocenters. The van der Waals surface area contributed by atoms with Gasteiger partial charge in [-0.1, -0.05) is 52.5 Å². The van der Waals surface area contributed by atoms with Crippen LogP contribution in [-0.4, -0.2) is 5.78 Å². The summed E-state index contributed by atoms with van der Waals surface area (Å²) in [5, 5.41) is 12.0. The molecule has 0 aromatic heterocycles. The summed E-state index contributed by atoms with van der Waals surface area (Å²) >= 11 is 20.5. The number of hydrogen-bond donors (Lipinski definition) is 1. The summed E-state index contributed by atoms with van der Waals surface area (Å²) in [6.07, 6.45) is 1.79. The van der Waals surface area contributed by atoms with E-state index in [1.807, 2.05) is 31.2 Å². The van der Waals surface area contributed by atoms with Gasteiger partial charge < -0.3 is 5.73 Å². The molecule has 8 heteroatoms. The van der Waals surface area contributed by atoms with Gasteiger partial charge in [0.15, 0.2) is 5.78 Å². The van der Waals surface area contributed by atoms with E-state index in [0.717, 1.165) is 38.6 Å². The van der Waals surface area contributed by atoms with Crippen molar-refractivity contribution in [1.82, 2.24) is 0 Å². The fourth-order valence-electron chi connectivity index (χ4n) is 5.44. The Labute approximate surface area is 248 Å². The van der Waals surface area contributed by atoms with Crippen LogP contribution < -0.4 is 10.6 Å². The second kappa shape index (κ2) is 11.3. The predicted octanol–water partition coefficient (Wildman–Crippen LogP) is 8.86. The molecule has 4 nitrogen and oxygen atoms in total. The molecule has 0 spiro atoms. The first kappa shape index (κ1) is 27.7. The van der Waals surface area contributed by atoms with Crippen molar-refractivity contribution in [3.8, 4) is 6.07 Å². The van der Waals surface area contributed by atoms with E-state index in [1.54, 1.807) is 34.9 Å². The fraction of sp³-hybridized carbons (Fsp3) is 0.226. The molecule has 0 amide bonds. The number of allylic oxidation sites excluding steroid dienone is 3. The van der Waals surface area contributed by atoms with Gasteiger partial charge in [-0.2, -0.15) is 5.26 Å². The fourth-order valence-corrected chi connectivity index (χ4v) is 7.01. The van der Waals surface area contributed by atoms with Crippen LogP contribution in [0, 0.1) is 25.2 Å². The Kier molecular flexibility index (Phi) is 8.03. The van der Waals surface area contributed by atoms with E-state index >= 15 is 0 Å². The topological polar surface area (TPSA) is 70.1 Å². The summed E-state index contributed by atoms with van der Waals surface area (Å²) in [5.74, 6) is 0.523. The molecule has 0 fully saturated rings. The van der Waals surface area contributed by atoms with E-state index in [1.165, 1.54) is 0 Å². The second-order valence-corrected chi connectivity index (χ2v) is 12.1. The maximum Gasteiger partial charge on any atom is 0.161 e. The Morgan fingerprint density at radius 1 is 1.03 bits per heavy atom. The van der Waals surface area contributed by atoms with E-state index in [4.69, 9.17) is 40.5 Å². The minimum Gasteiger partial charge on any atom is -0.384 e. The largest absolute Gasteiger partial charge is 0.384 e. The molecule has 1 aliphatic carbocycles. The van der Waals surface area contributed by atoms with Crippen molar-refractivity contribution in [3.63, 3.8) is 0 Å². The van der Waals surface area contributed by atoms with Crippen molar-refractivity contribution < 1.29 is 4.79 Å². The second-order valence-electron chi connectivity index (χ2n) is 9.79. The lowest BCUT2D eigenvalue weighted by Gasteiger charge is -2.40. The molecule has 1 heterocycles. The van der Waals surface area contributed by atoms with Gasteiger partial charge >= 0.3 is 0 Å². The molecule has 198 valence electrons. The first-order valence-corrected chi connectivity index (χ1v) is 14.7. The number of aryl methyl sites for hydroxylation is 1. The standard InChI is InChI=1S/C31H26Cl3N3OS/c1-17-12-19(16-39-22-9-6-20(32)7-10-22)18(2)23(13-17)29-24(15-35)31(36)37(26-11-8-21(33)14-25(26)34)27-4-3-5-28(38)30(27)29/h6-14,29H,3-5,16,36H2,1-2H3. The van der Waals surface area contributed by atoms with Gasteiger partial charge in [-0.3, -0.25) is 9.69 Å². The van der Waals surface area contributed by atoms with E-state index in [-0.39, 0.29) is 11.6 Å². The minimum absolute atomic E-state index is 0.0366. The molecule has 0 radical (unpaired) electrons. The zero-order valence-corrected chi connectivity index (χ0v) is 24.6. The van der Waals surface area contributed by atoms with E-state index in [2.05, 4.69) is 25.1 Å². The van der Waals surface area contributed by atoms with Crippen molar-refractivity contribution in [2.75, 3.05) is 4.90 Å². The highest BCUT2D eigenvalue weighted by atomic mass is 35.5. The van der Waals surface area contributed by atoms with E-state index in [0.29, 0.717) is 51.2 Å². The summed E-state index contributed by atoms with van der Waals surface area (Å²) < 4.78 is 0. The molecule has 0 saturated carbocycles. The first-order chi connectivity index (χ1) is 18.7. The minimum atomic E-state index is -0.542. The number of carbonyl (C=O) groups excluding carboxylic acids is 1. The summed E-state index contributed by atoms with van der Waals surface area (Å²) in [4.78, 5) is 16.5. The monoisotopic (exact) mass is 593 g/mol. The summed E-state index contributed by atoms with van der Waals surface area (Å²) in [6, 6.07) is 19.5. The van der Waals surface area contributed by atoms with Crippen LogP contribution in [0.1, 0.15) is 47.4 Å². The summed E-state index contributed by atoms with van der Waals surface area (Å²) in [6.45, 7) is 4.10. The van der Waals surface area contributed by atoms with Gasteiger partial charge in [0.2, 0.25) is 0 Å². The van der Waals surface area contributed by atoms with Crippen LogP contribution in [0.2, 0.25) is 15.1 Å². The average molecular weight is 595 g/mol. The van der Waals surface area contributed by atoms with Gasteiger partial charge in [0.05, 0.1) is 28.3 Å². The molecular formula is C31H26Cl3N3OS. The van der Waals surface area contributed by atoms with Gasteiger partial charge in [0, 0.05) is 38.4 Å². The molecule has 5 rings (SSSR count). The molecule has 1 atom stereocenters. The zero-order valence-electron chi connectivity index (χ0n) is 21.5. The van der Waals surface area contributed by atoms with Crippen molar-refractivity contribution >= 4 is 58.0 Å². The summed E-state index contributed by atoms with van der Waals surface area (Å²) in [5.41, 5.74) is 13.3. The first-order valence-electron chi connectivity index (χ1n) is 12.6. The number of halogens is 3. The molecule has 0 saturated heterocycles.